The summed E-state index contributed by atoms with van der Waals surface area (Å²) in [7, 11) is 0. The van der Waals surface area contributed by atoms with E-state index in [0.717, 1.165) is 36.5 Å². The third kappa shape index (κ3) is 3.53. The highest BCUT2D eigenvalue weighted by Crippen LogP contribution is 2.46. The van der Waals surface area contributed by atoms with Gasteiger partial charge in [-0.15, -0.1) is 11.8 Å². The summed E-state index contributed by atoms with van der Waals surface area (Å²) in [5.41, 5.74) is 7.50. The van der Waals surface area contributed by atoms with Gasteiger partial charge in [0, 0.05) is 23.3 Å². The predicted molar refractivity (Wildman–Crippen MR) is 91.4 cm³/mol. The number of hydrogen-bond donors (Lipinski definition) is 2. The third-order valence-electron chi connectivity index (χ3n) is 3.94. The number of unbranched alkanes of at least 4 members (excludes halogenated alkanes) is 1. The van der Waals surface area contributed by atoms with Crippen molar-refractivity contribution in [2.75, 3.05) is 17.3 Å². The van der Waals surface area contributed by atoms with E-state index >= 15 is 0 Å². The largest absolute Gasteiger partial charge is 0.390 e. The first-order valence-corrected chi connectivity index (χ1v) is 9.55. The van der Waals surface area contributed by atoms with Crippen LogP contribution in [0.25, 0.3) is 0 Å². The molecular weight excluding hydrogens is 286 g/mol. The van der Waals surface area contributed by atoms with Gasteiger partial charge in [-0.25, -0.2) is 0 Å². The van der Waals surface area contributed by atoms with E-state index in [1.165, 1.54) is 5.56 Å². The maximum absolute atomic E-state index is 10.9. The molecule has 1 fully saturated rings. The molecule has 1 aliphatic rings. The lowest BCUT2D eigenvalue weighted by Gasteiger charge is -2.43. The average Bonchev–Trinajstić information content (AvgIpc) is 2.53. The van der Waals surface area contributed by atoms with E-state index in [4.69, 9.17) is 5.73 Å². The summed E-state index contributed by atoms with van der Waals surface area (Å²) in [5, 5.41) is 10.9. The topological polar surface area (TPSA) is 46.2 Å². The predicted octanol–water partition coefficient (Wildman–Crippen LogP) is 3.24. The SMILES string of the molecule is CCCCC(N)C(O)C1(c2ccccc2)CSCCS1. The van der Waals surface area contributed by atoms with E-state index in [2.05, 4.69) is 31.2 Å². The van der Waals surface area contributed by atoms with Gasteiger partial charge in [0.2, 0.25) is 0 Å². The van der Waals surface area contributed by atoms with E-state index in [9.17, 15) is 5.11 Å². The van der Waals surface area contributed by atoms with Crippen LogP contribution < -0.4 is 5.73 Å². The molecule has 2 rings (SSSR count). The average molecular weight is 312 g/mol. The number of nitrogens with two attached hydrogens (primary N) is 1. The van der Waals surface area contributed by atoms with Gasteiger partial charge in [0.25, 0.3) is 0 Å². The number of hydrogen-bond acceptors (Lipinski definition) is 4. The second-order valence-corrected chi connectivity index (χ2v) is 7.94. The molecule has 112 valence electrons. The highest BCUT2D eigenvalue weighted by Gasteiger charge is 2.44. The Bertz CT molecular complexity index is 393. The summed E-state index contributed by atoms with van der Waals surface area (Å²) in [6, 6.07) is 10.3. The van der Waals surface area contributed by atoms with Gasteiger partial charge in [-0.1, -0.05) is 50.1 Å². The van der Waals surface area contributed by atoms with Crippen LogP contribution in [0.15, 0.2) is 30.3 Å². The fraction of sp³-hybridized carbons (Fsp3) is 0.625. The van der Waals surface area contributed by atoms with Crippen molar-refractivity contribution in [3.05, 3.63) is 35.9 Å². The van der Waals surface area contributed by atoms with Crippen LogP contribution in [-0.4, -0.2) is 34.5 Å². The van der Waals surface area contributed by atoms with Crippen LogP contribution in [0, 0.1) is 0 Å². The Hall–Kier alpha value is -0.160. The first kappa shape index (κ1) is 16.2. The molecule has 0 aliphatic carbocycles. The molecule has 3 unspecified atom stereocenters. The molecule has 1 aromatic carbocycles. The minimum absolute atomic E-state index is 0.138. The van der Waals surface area contributed by atoms with Crippen molar-refractivity contribution in [3.63, 3.8) is 0 Å². The van der Waals surface area contributed by atoms with Crippen molar-refractivity contribution in [2.24, 2.45) is 5.73 Å². The Balaban J connectivity index is 2.23. The van der Waals surface area contributed by atoms with Gasteiger partial charge < -0.3 is 10.8 Å². The van der Waals surface area contributed by atoms with Crippen LogP contribution in [0.3, 0.4) is 0 Å². The van der Waals surface area contributed by atoms with Crippen molar-refractivity contribution in [1.29, 1.82) is 0 Å². The van der Waals surface area contributed by atoms with E-state index < -0.39 is 6.10 Å². The molecule has 1 aromatic rings. The van der Waals surface area contributed by atoms with Crippen molar-refractivity contribution in [3.8, 4) is 0 Å². The van der Waals surface area contributed by atoms with Gasteiger partial charge in [0.1, 0.15) is 0 Å². The lowest BCUT2D eigenvalue weighted by molar-refractivity contribution is 0.104. The van der Waals surface area contributed by atoms with Gasteiger partial charge >= 0.3 is 0 Å². The number of aliphatic hydroxyl groups is 1. The van der Waals surface area contributed by atoms with Gasteiger partial charge in [0.05, 0.1) is 10.9 Å². The third-order valence-corrected chi connectivity index (χ3v) is 7.08. The van der Waals surface area contributed by atoms with Crippen LogP contribution in [0.1, 0.15) is 31.7 Å². The molecular formula is C16H25NOS2. The van der Waals surface area contributed by atoms with Crippen LogP contribution in [0.4, 0.5) is 0 Å². The maximum atomic E-state index is 10.9. The van der Waals surface area contributed by atoms with E-state index in [1.807, 2.05) is 29.6 Å². The molecule has 1 aliphatic heterocycles. The highest BCUT2D eigenvalue weighted by atomic mass is 32.2. The lowest BCUT2D eigenvalue weighted by Crippen LogP contribution is -2.51. The van der Waals surface area contributed by atoms with Crippen LogP contribution >= 0.6 is 23.5 Å². The van der Waals surface area contributed by atoms with Crippen LogP contribution in [-0.2, 0) is 4.75 Å². The standard InChI is InChI=1S/C16H25NOS2/c1-2-3-9-14(17)15(18)16(12-19-10-11-20-16)13-7-5-4-6-8-13/h4-8,14-15,18H,2-3,9-12,17H2,1H3. The number of thioether (sulfide) groups is 2. The Labute approximate surface area is 130 Å². The summed E-state index contributed by atoms with van der Waals surface area (Å²) < 4.78 is -0.239. The molecule has 0 aromatic heterocycles. The molecule has 20 heavy (non-hydrogen) atoms. The van der Waals surface area contributed by atoms with Crippen molar-refractivity contribution in [1.82, 2.24) is 0 Å². The highest BCUT2D eigenvalue weighted by molar-refractivity contribution is 8.06. The molecule has 0 bridgehead atoms. The maximum Gasteiger partial charge on any atom is 0.0886 e. The molecule has 1 heterocycles. The molecule has 1 saturated heterocycles. The molecule has 0 radical (unpaired) electrons. The zero-order chi connectivity index (χ0) is 14.4. The van der Waals surface area contributed by atoms with Gasteiger partial charge in [-0.05, 0) is 12.0 Å². The zero-order valence-corrected chi connectivity index (χ0v) is 13.8. The molecule has 2 nitrogen and oxygen atoms in total. The van der Waals surface area contributed by atoms with Gasteiger partial charge in [-0.2, -0.15) is 11.8 Å². The summed E-state index contributed by atoms with van der Waals surface area (Å²) in [4.78, 5) is 0. The quantitative estimate of drug-likeness (QED) is 0.846. The Morgan fingerprint density at radius 1 is 1.30 bits per heavy atom. The zero-order valence-electron chi connectivity index (χ0n) is 12.1. The van der Waals surface area contributed by atoms with E-state index in [-0.39, 0.29) is 10.8 Å². The number of rotatable bonds is 6. The normalized spacial score (nSPS) is 26.1. The minimum atomic E-state index is -0.478. The molecule has 3 atom stereocenters. The molecule has 0 amide bonds. The second-order valence-electron chi connectivity index (χ2n) is 5.41. The first-order valence-electron chi connectivity index (χ1n) is 7.41. The summed E-state index contributed by atoms with van der Waals surface area (Å²) in [5.74, 6) is 3.19. The second kappa shape index (κ2) is 7.74. The lowest BCUT2D eigenvalue weighted by atomic mass is 9.88. The van der Waals surface area contributed by atoms with E-state index in [1.54, 1.807) is 0 Å². The molecule has 0 saturated carbocycles. The Morgan fingerprint density at radius 3 is 2.65 bits per heavy atom. The fourth-order valence-corrected chi connectivity index (χ4v) is 5.91. The number of aliphatic hydroxyl groups excluding tert-OH is 1. The van der Waals surface area contributed by atoms with Crippen molar-refractivity contribution >= 4 is 23.5 Å². The Kier molecular flexibility index (Phi) is 6.27. The van der Waals surface area contributed by atoms with Crippen molar-refractivity contribution in [2.45, 2.75) is 43.1 Å². The van der Waals surface area contributed by atoms with Crippen molar-refractivity contribution < 1.29 is 5.11 Å². The Morgan fingerprint density at radius 2 is 2.05 bits per heavy atom. The summed E-state index contributed by atoms with van der Waals surface area (Å²) in [6.07, 6.45) is 2.63. The monoisotopic (exact) mass is 311 g/mol. The number of benzene rings is 1. The van der Waals surface area contributed by atoms with Gasteiger partial charge in [0.15, 0.2) is 0 Å². The minimum Gasteiger partial charge on any atom is -0.390 e. The van der Waals surface area contributed by atoms with Crippen LogP contribution in [0.2, 0.25) is 0 Å². The van der Waals surface area contributed by atoms with E-state index in [0.29, 0.717) is 0 Å². The molecule has 4 heteroatoms. The fourth-order valence-electron chi connectivity index (χ4n) is 2.72. The smallest absolute Gasteiger partial charge is 0.0886 e. The summed E-state index contributed by atoms with van der Waals surface area (Å²) >= 11 is 3.81. The molecule has 0 spiro atoms. The van der Waals surface area contributed by atoms with Gasteiger partial charge in [-0.3, -0.25) is 0 Å². The van der Waals surface area contributed by atoms with Crippen LogP contribution in [0.5, 0.6) is 0 Å². The first-order chi connectivity index (χ1) is 9.70. The molecule has 3 N–H and O–H groups in total. The summed E-state index contributed by atoms with van der Waals surface area (Å²) in [6.45, 7) is 2.16.